The molecule has 3 aromatic carbocycles. The largest absolute Gasteiger partial charge is 0.305 e. The summed E-state index contributed by atoms with van der Waals surface area (Å²) < 4.78 is 13.3. The highest BCUT2D eigenvalue weighted by atomic mass is 35.5. The minimum absolute atomic E-state index is 0.308. The number of hydrazine groups is 1. The van der Waals surface area contributed by atoms with Gasteiger partial charge in [0.2, 0.25) is 0 Å². The molecule has 0 saturated carbocycles. The van der Waals surface area contributed by atoms with Crippen LogP contribution in [0.1, 0.15) is 24.0 Å². The number of nitriles is 1. The van der Waals surface area contributed by atoms with Crippen molar-refractivity contribution >= 4 is 28.1 Å². The molecule has 0 bridgehead atoms. The van der Waals surface area contributed by atoms with E-state index in [2.05, 4.69) is 22.2 Å². The van der Waals surface area contributed by atoms with Crippen molar-refractivity contribution in [1.29, 1.82) is 5.26 Å². The Hall–Kier alpha value is -2.61. The molecular weight excluding hydrogens is 373 g/mol. The van der Waals surface area contributed by atoms with Crippen LogP contribution >= 0.6 is 11.6 Å². The molecule has 0 N–H and O–H groups in total. The van der Waals surface area contributed by atoms with Gasteiger partial charge in [-0.05, 0) is 49.1 Å². The first-order chi connectivity index (χ1) is 13.7. The van der Waals surface area contributed by atoms with Gasteiger partial charge >= 0.3 is 0 Å². The van der Waals surface area contributed by atoms with Crippen LogP contribution in [0.4, 0.5) is 10.1 Å². The molecule has 3 aromatic rings. The third-order valence-electron chi connectivity index (χ3n) is 5.33. The third-order valence-corrected chi connectivity index (χ3v) is 5.68. The smallest absolute Gasteiger partial charge is 0.124 e. The Morgan fingerprint density at radius 1 is 1.00 bits per heavy atom. The van der Waals surface area contributed by atoms with Crippen molar-refractivity contribution in [2.45, 2.75) is 19.3 Å². The van der Waals surface area contributed by atoms with E-state index in [4.69, 9.17) is 11.6 Å². The number of hydrogen-bond donors (Lipinski definition) is 0. The van der Waals surface area contributed by atoms with Gasteiger partial charge in [-0.1, -0.05) is 41.9 Å². The molecule has 28 heavy (non-hydrogen) atoms. The quantitative estimate of drug-likeness (QED) is 0.581. The SMILES string of the molecule is N#Cc1ccc(N2CCCCN2CCc2ccc(F)cc2Cl)c2ccccc12. The standard InChI is InChI=1S/C23H21ClFN3/c24-22-15-19(25)9-7-17(22)11-14-27-12-3-4-13-28(27)23-10-8-18(16-26)20-5-1-2-6-21(20)23/h1-2,5-10,15H,3-4,11-14H2. The third kappa shape index (κ3) is 3.69. The first-order valence-corrected chi connectivity index (χ1v) is 9.93. The highest BCUT2D eigenvalue weighted by molar-refractivity contribution is 6.31. The minimum atomic E-state index is -0.308. The molecular formula is C23H21ClFN3. The van der Waals surface area contributed by atoms with Crippen LogP contribution < -0.4 is 5.01 Å². The second-order valence-electron chi connectivity index (χ2n) is 7.06. The summed E-state index contributed by atoms with van der Waals surface area (Å²) in [5, 5.41) is 16.7. The average molecular weight is 394 g/mol. The minimum Gasteiger partial charge on any atom is -0.305 e. The fourth-order valence-corrected chi connectivity index (χ4v) is 4.16. The van der Waals surface area contributed by atoms with Gasteiger partial charge in [-0.15, -0.1) is 0 Å². The van der Waals surface area contributed by atoms with Crippen LogP contribution in [-0.4, -0.2) is 24.6 Å². The zero-order chi connectivity index (χ0) is 19.5. The maximum atomic E-state index is 13.3. The van der Waals surface area contributed by atoms with Crippen molar-refractivity contribution in [3.63, 3.8) is 0 Å². The molecule has 0 atom stereocenters. The Kier molecular flexibility index (Phi) is 5.47. The Labute approximate surface area is 169 Å². The summed E-state index contributed by atoms with van der Waals surface area (Å²) in [7, 11) is 0. The lowest BCUT2D eigenvalue weighted by Gasteiger charge is -2.41. The molecule has 0 spiro atoms. The molecule has 5 heteroatoms. The number of halogens is 2. The molecule has 1 heterocycles. The summed E-state index contributed by atoms with van der Waals surface area (Å²) in [4.78, 5) is 0. The van der Waals surface area contributed by atoms with Crippen molar-refractivity contribution in [1.82, 2.24) is 5.01 Å². The predicted octanol–water partition coefficient (Wildman–Crippen LogP) is 5.56. The van der Waals surface area contributed by atoms with E-state index in [9.17, 15) is 9.65 Å². The van der Waals surface area contributed by atoms with Crippen LogP contribution in [-0.2, 0) is 6.42 Å². The highest BCUT2D eigenvalue weighted by Crippen LogP contribution is 2.32. The lowest BCUT2D eigenvalue weighted by molar-refractivity contribution is 0.215. The van der Waals surface area contributed by atoms with Crippen molar-refractivity contribution in [3.05, 3.63) is 76.6 Å². The molecule has 0 aliphatic carbocycles. The Balaban J connectivity index is 1.63. The zero-order valence-corrected chi connectivity index (χ0v) is 16.3. The van der Waals surface area contributed by atoms with E-state index in [1.165, 1.54) is 12.1 Å². The van der Waals surface area contributed by atoms with Crippen LogP contribution in [0.2, 0.25) is 5.02 Å². The van der Waals surface area contributed by atoms with Gasteiger partial charge in [0, 0.05) is 35.4 Å². The number of benzene rings is 3. The normalized spacial score (nSPS) is 15.0. The first-order valence-electron chi connectivity index (χ1n) is 9.55. The molecule has 1 fully saturated rings. The van der Waals surface area contributed by atoms with E-state index >= 15 is 0 Å². The molecule has 1 aliphatic rings. The molecule has 142 valence electrons. The van der Waals surface area contributed by atoms with Crippen molar-refractivity contribution in [2.75, 3.05) is 24.6 Å². The van der Waals surface area contributed by atoms with Crippen LogP contribution in [0, 0.1) is 17.1 Å². The molecule has 0 unspecified atom stereocenters. The summed E-state index contributed by atoms with van der Waals surface area (Å²) in [6, 6.07) is 18.9. The zero-order valence-electron chi connectivity index (χ0n) is 15.5. The van der Waals surface area contributed by atoms with Gasteiger partial charge in [0.05, 0.1) is 17.3 Å². The second-order valence-corrected chi connectivity index (χ2v) is 7.47. The molecule has 3 nitrogen and oxygen atoms in total. The van der Waals surface area contributed by atoms with Gasteiger partial charge in [-0.25, -0.2) is 9.40 Å². The van der Waals surface area contributed by atoms with Crippen molar-refractivity contribution < 1.29 is 4.39 Å². The van der Waals surface area contributed by atoms with E-state index in [0.29, 0.717) is 10.6 Å². The predicted molar refractivity (Wildman–Crippen MR) is 112 cm³/mol. The average Bonchev–Trinajstić information content (AvgIpc) is 2.72. The van der Waals surface area contributed by atoms with Crippen molar-refractivity contribution in [2.24, 2.45) is 0 Å². The summed E-state index contributed by atoms with van der Waals surface area (Å²) >= 11 is 6.21. The van der Waals surface area contributed by atoms with Gasteiger partial charge in [0.25, 0.3) is 0 Å². The van der Waals surface area contributed by atoms with Gasteiger partial charge in [0.1, 0.15) is 5.82 Å². The molecule has 4 rings (SSSR count). The van der Waals surface area contributed by atoms with E-state index in [1.54, 1.807) is 6.07 Å². The maximum absolute atomic E-state index is 13.3. The number of hydrogen-bond acceptors (Lipinski definition) is 3. The summed E-state index contributed by atoms with van der Waals surface area (Å²) in [5.41, 5.74) is 2.78. The van der Waals surface area contributed by atoms with E-state index < -0.39 is 0 Å². The van der Waals surface area contributed by atoms with Crippen molar-refractivity contribution in [3.8, 4) is 6.07 Å². The van der Waals surface area contributed by atoms with Crippen LogP contribution in [0.3, 0.4) is 0 Å². The van der Waals surface area contributed by atoms with Gasteiger partial charge in [0.15, 0.2) is 0 Å². The van der Waals surface area contributed by atoms with Gasteiger partial charge in [-0.3, -0.25) is 0 Å². The fraction of sp³-hybridized carbons (Fsp3) is 0.261. The van der Waals surface area contributed by atoms with E-state index in [-0.39, 0.29) is 5.82 Å². The highest BCUT2D eigenvalue weighted by Gasteiger charge is 2.22. The number of anilines is 1. The summed E-state index contributed by atoms with van der Waals surface area (Å²) in [6.45, 7) is 2.71. The first kappa shape index (κ1) is 18.7. The van der Waals surface area contributed by atoms with Crippen LogP contribution in [0.5, 0.6) is 0 Å². The maximum Gasteiger partial charge on any atom is 0.124 e. The lowest BCUT2D eigenvalue weighted by atomic mass is 10.0. The van der Waals surface area contributed by atoms with Crippen LogP contribution in [0.25, 0.3) is 10.8 Å². The molecule has 0 radical (unpaired) electrons. The Bertz CT molecular complexity index is 1040. The molecule has 0 amide bonds. The van der Waals surface area contributed by atoms with E-state index in [1.807, 2.05) is 30.3 Å². The van der Waals surface area contributed by atoms with E-state index in [0.717, 1.165) is 60.9 Å². The number of fused-ring (bicyclic) bond motifs is 1. The Morgan fingerprint density at radius 2 is 1.79 bits per heavy atom. The molecule has 1 aliphatic heterocycles. The number of rotatable bonds is 4. The summed E-state index contributed by atoms with van der Waals surface area (Å²) in [5.74, 6) is -0.308. The van der Waals surface area contributed by atoms with Gasteiger partial charge < -0.3 is 5.01 Å². The molecule has 0 aromatic heterocycles. The number of nitrogens with zero attached hydrogens (tertiary/aromatic N) is 3. The monoisotopic (exact) mass is 393 g/mol. The fourth-order valence-electron chi connectivity index (χ4n) is 3.90. The van der Waals surface area contributed by atoms with Gasteiger partial charge in [-0.2, -0.15) is 5.26 Å². The summed E-state index contributed by atoms with van der Waals surface area (Å²) in [6.07, 6.45) is 3.02. The molecule has 1 saturated heterocycles. The Morgan fingerprint density at radius 3 is 2.57 bits per heavy atom. The second kappa shape index (κ2) is 8.18. The topological polar surface area (TPSA) is 30.3 Å². The lowest BCUT2D eigenvalue weighted by Crippen LogP contribution is -2.48. The van der Waals surface area contributed by atoms with Crippen LogP contribution in [0.15, 0.2) is 54.6 Å².